The first-order valence-electron chi connectivity index (χ1n) is 14.5. The molecule has 0 amide bonds. The first-order chi connectivity index (χ1) is 19.4. The predicted octanol–water partition coefficient (Wildman–Crippen LogP) is 6.33. The number of aliphatic hydroxyl groups is 1. The molecule has 2 fully saturated rings. The number of halogens is 1. The van der Waals surface area contributed by atoms with E-state index in [1.54, 1.807) is 6.08 Å². The largest absolute Gasteiger partial charge is 0.490 e. The molecule has 210 valence electrons. The van der Waals surface area contributed by atoms with Crippen LogP contribution in [0.1, 0.15) is 60.0 Å². The van der Waals surface area contributed by atoms with Gasteiger partial charge in [0.2, 0.25) is 5.78 Å². The third kappa shape index (κ3) is 5.02. The van der Waals surface area contributed by atoms with E-state index in [4.69, 9.17) is 16.3 Å². The fourth-order valence-electron chi connectivity index (χ4n) is 7.22. The average molecular weight is 577 g/mol. The number of carbonyl (C=O) groups excluding carboxylic acids is 1. The summed E-state index contributed by atoms with van der Waals surface area (Å²) in [5, 5.41) is 21.3. The summed E-state index contributed by atoms with van der Waals surface area (Å²) in [6.45, 7) is 5.91. The number of hydrogen-bond acceptors (Lipinski definition) is 5. The van der Waals surface area contributed by atoms with Gasteiger partial charge in [0, 0.05) is 29.1 Å². The van der Waals surface area contributed by atoms with Crippen LogP contribution in [0.25, 0.3) is 0 Å². The van der Waals surface area contributed by atoms with Crippen molar-refractivity contribution in [3.8, 4) is 11.8 Å². The summed E-state index contributed by atoms with van der Waals surface area (Å²) in [6.07, 6.45) is 8.43. The lowest BCUT2D eigenvalue weighted by Crippen LogP contribution is -2.49. The molecule has 1 saturated heterocycles. The minimum Gasteiger partial charge on any atom is -0.490 e. The molecule has 1 spiro atoms. The predicted molar refractivity (Wildman–Crippen MR) is 164 cm³/mol. The zero-order valence-electron chi connectivity index (χ0n) is 22.9. The lowest BCUT2D eigenvalue weighted by molar-refractivity contribution is 0.0460. The second-order valence-corrected chi connectivity index (χ2v) is 14.5. The van der Waals surface area contributed by atoms with E-state index >= 15 is 0 Å². The molecule has 0 bridgehead atoms. The number of anilines is 1. The van der Waals surface area contributed by atoms with Gasteiger partial charge in [-0.1, -0.05) is 23.7 Å². The van der Waals surface area contributed by atoms with Crippen molar-refractivity contribution in [2.45, 2.75) is 56.5 Å². The van der Waals surface area contributed by atoms with Gasteiger partial charge in [-0.2, -0.15) is 15.7 Å². The van der Waals surface area contributed by atoms with Crippen LogP contribution in [0.2, 0.25) is 5.02 Å². The minimum absolute atomic E-state index is 0.143. The fourth-order valence-corrected chi connectivity index (χ4v) is 9.64. The van der Waals surface area contributed by atoms with E-state index < -0.39 is 6.10 Å². The molecular weight excluding hydrogens is 540 g/mol. The van der Waals surface area contributed by atoms with Crippen molar-refractivity contribution in [3.63, 3.8) is 0 Å². The molecule has 0 radical (unpaired) electrons. The van der Waals surface area contributed by atoms with E-state index in [9.17, 15) is 15.2 Å². The molecule has 1 N–H and O–H groups in total. The summed E-state index contributed by atoms with van der Waals surface area (Å²) in [5.41, 5.74) is 3.86. The maximum Gasteiger partial charge on any atom is 0.209 e. The Hall–Kier alpha value is -2.59. The molecule has 2 aromatic rings. The number of hydrogen-bond donors (Lipinski definition) is 1. The summed E-state index contributed by atoms with van der Waals surface area (Å²) in [5.74, 6) is 3.02. The van der Waals surface area contributed by atoms with E-state index in [0.29, 0.717) is 23.0 Å². The highest BCUT2D eigenvalue weighted by molar-refractivity contribution is 8.17. The Morgan fingerprint density at radius 3 is 2.80 bits per heavy atom. The van der Waals surface area contributed by atoms with E-state index in [-0.39, 0.29) is 27.6 Å². The second-order valence-electron chi connectivity index (χ2n) is 11.9. The maximum atomic E-state index is 13.6. The normalized spacial score (nSPS) is 26.5. The van der Waals surface area contributed by atoms with Crippen molar-refractivity contribution in [2.24, 2.45) is 11.8 Å². The van der Waals surface area contributed by atoms with Gasteiger partial charge in [0.05, 0.1) is 18.4 Å². The van der Waals surface area contributed by atoms with E-state index in [1.165, 1.54) is 11.1 Å². The molecule has 5 nitrogen and oxygen atoms in total. The van der Waals surface area contributed by atoms with Crippen LogP contribution in [0.4, 0.5) is 5.69 Å². The summed E-state index contributed by atoms with van der Waals surface area (Å²) in [4.78, 5) is 16.5. The van der Waals surface area contributed by atoms with Gasteiger partial charge in [-0.3, -0.25) is 4.79 Å². The molecule has 6 rings (SSSR count). The number of aliphatic hydroxyl groups excluding tert-OH is 1. The van der Waals surface area contributed by atoms with Gasteiger partial charge in [-0.25, -0.2) is 0 Å². The summed E-state index contributed by atoms with van der Waals surface area (Å²) < 4.78 is 6.59. The van der Waals surface area contributed by atoms with Crippen LogP contribution >= 0.6 is 22.1 Å². The Morgan fingerprint density at radius 1 is 1.25 bits per heavy atom. The van der Waals surface area contributed by atoms with Crippen molar-refractivity contribution in [1.82, 2.24) is 0 Å². The standard InChI is InChI=1S/C33H37ClN2O3S/c1-2-29(37)26-10-7-24(26)19-36-20-33(13-5-6-22-16-25(34)9-11-27(22)33)21-39-30-12-8-23(17-28(30)36)32(38)31(18-35)40-14-3-4-15-40/h2,8-9,11-12,16-17,24,26,29,37H,1,3-7,10,13-15,19-21H2/t24-,26+,29-,33-/m0/s1. The number of nitrogens with zero attached hydrogens (tertiary/aromatic N) is 2. The van der Waals surface area contributed by atoms with Crippen LogP contribution in [0.15, 0.2) is 49.1 Å². The molecule has 4 atom stereocenters. The SMILES string of the molecule is C=C[C@H](O)[C@@H]1CC[C@H]1CN1C[C@@]2(CCCc3cc(Cl)ccc32)COc2ccc(C(=O)C(C#N)=S3CCCC3)cc21. The number of aryl methyl sites for hydroxylation is 1. The number of fused-ring (bicyclic) bond motifs is 3. The van der Waals surface area contributed by atoms with Crippen LogP contribution < -0.4 is 9.64 Å². The van der Waals surface area contributed by atoms with Crippen LogP contribution in [0.5, 0.6) is 5.75 Å². The van der Waals surface area contributed by atoms with Gasteiger partial charge >= 0.3 is 0 Å². The van der Waals surface area contributed by atoms with Gasteiger partial charge < -0.3 is 14.7 Å². The van der Waals surface area contributed by atoms with Crippen LogP contribution in [0, 0.1) is 23.2 Å². The molecule has 2 aliphatic carbocycles. The molecular formula is C33H37ClN2O3S. The zero-order chi connectivity index (χ0) is 27.9. The highest BCUT2D eigenvalue weighted by atomic mass is 35.5. The number of ether oxygens (including phenoxy) is 1. The zero-order valence-corrected chi connectivity index (χ0v) is 24.5. The number of ketones is 1. The lowest BCUT2D eigenvalue weighted by Gasteiger charge is -2.45. The highest BCUT2D eigenvalue weighted by Crippen LogP contribution is 2.46. The van der Waals surface area contributed by atoms with Crippen molar-refractivity contribution >= 4 is 38.4 Å². The van der Waals surface area contributed by atoms with Crippen molar-refractivity contribution in [1.29, 1.82) is 5.26 Å². The topological polar surface area (TPSA) is 73.6 Å². The fraction of sp³-hybridized carbons (Fsp3) is 0.485. The third-order valence-electron chi connectivity index (χ3n) is 9.54. The molecule has 7 heteroatoms. The smallest absolute Gasteiger partial charge is 0.209 e. The number of rotatable bonds is 6. The van der Waals surface area contributed by atoms with Gasteiger partial charge in [0.15, 0.2) is 0 Å². The van der Waals surface area contributed by atoms with Crippen LogP contribution in [-0.2, 0) is 11.8 Å². The van der Waals surface area contributed by atoms with Crippen molar-refractivity contribution in [2.75, 3.05) is 36.1 Å². The first-order valence-corrected chi connectivity index (χ1v) is 16.5. The molecule has 4 aliphatic rings. The molecule has 2 aromatic carbocycles. The highest BCUT2D eigenvalue weighted by Gasteiger charge is 2.44. The number of benzene rings is 2. The maximum absolute atomic E-state index is 13.6. The monoisotopic (exact) mass is 576 g/mol. The van der Waals surface area contributed by atoms with Crippen LogP contribution in [0.3, 0.4) is 0 Å². The molecule has 0 aromatic heterocycles. The number of Topliss-reactive ketones (excluding diaryl/α,β-unsaturated/α-hetero) is 1. The molecule has 40 heavy (non-hydrogen) atoms. The summed E-state index contributed by atoms with van der Waals surface area (Å²) in [6, 6.07) is 14.2. The number of carbonyl (C=O) groups is 1. The quantitative estimate of drug-likeness (QED) is 0.247. The van der Waals surface area contributed by atoms with Crippen LogP contribution in [-0.4, -0.2) is 53.1 Å². The lowest BCUT2D eigenvalue weighted by atomic mass is 9.68. The molecule has 2 aliphatic heterocycles. The Morgan fingerprint density at radius 2 is 2.08 bits per heavy atom. The van der Waals surface area contributed by atoms with Gasteiger partial charge in [-0.05, 0) is 110 Å². The van der Waals surface area contributed by atoms with Gasteiger partial charge in [0.1, 0.15) is 16.7 Å². The first kappa shape index (κ1) is 27.6. The Labute approximate surface area is 244 Å². The summed E-state index contributed by atoms with van der Waals surface area (Å²) in [7, 11) is -0.245. The Bertz CT molecular complexity index is 1410. The molecule has 2 heterocycles. The third-order valence-corrected chi connectivity index (χ3v) is 12.2. The van der Waals surface area contributed by atoms with E-state index in [1.807, 2.05) is 24.3 Å². The average Bonchev–Trinajstić information content (AvgIpc) is 3.43. The van der Waals surface area contributed by atoms with E-state index in [2.05, 4.69) is 29.7 Å². The second kappa shape index (κ2) is 11.4. The summed E-state index contributed by atoms with van der Waals surface area (Å²) >= 11 is 6.39. The van der Waals surface area contributed by atoms with Crippen molar-refractivity contribution < 1.29 is 14.6 Å². The van der Waals surface area contributed by atoms with E-state index in [0.717, 1.165) is 86.0 Å². The van der Waals surface area contributed by atoms with Gasteiger partial charge in [0.25, 0.3) is 0 Å². The Kier molecular flexibility index (Phi) is 7.83. The van der Waals surface area contributed by atoms with Crippen molar-refractivity contribution in [3.05, 3.63) is 70.8 Å². The Balaban J connectivity index is 1.40. The van der Waals surface area contributed by atoms with Gasteiger partial charge in [-0.15, -0.1) is 6.58 Å². The molecule has 1 saturated carbocycles. The molecule has 0 unspecified atom stereocenters. The minimum atomic E-state index is -0.513. The number of nitriles is 1.